The van der Waals surface area contributed by atoms with Gasteiger partial charge in [0.05, 0.1) is 30.5 Å². The molecule has 6 heteroatoms. The lowest BCUT2D eigenvalue weighted by Gasteiger charge is -2.21. The predicted octanol–water partition coefficient (Wildman–Crippen LogP) is 2.41. The number of fused-ring (bicyclic) bond motifs is 3. The topological polar surface area (TPSA) is 77.8 Å². The highest BCUT2D eigenvalue weighted by molar-refractivity contribution is 6.03. The maximum Gasteiger partial charge on any atom is 0.340 e. The average Bonchev–Trinajstić information content (AvgIpc) is 2.93. The maximum absolute atomic E-state index is 12.1. The van der Waals surface area contributed by atoms with Gasteiger partial charge in [0.2, 0.25) is 0 Å². The van der Waals surface area contributed by atoms with Crippen LogP contribution in [0.5, 0.6) is 11.5 Å². The van der Waals surface area contributed by atoms with Crippen molar-refractivity contribution in [3.05, 3.63) is 35.0 Å². The Hall–Kier alpha value is -2.76. The number of hydrogen-bond acceptors (Lipinski definition) is 5. The number of aldehydes is 1. The van der Waals surface area contributed by atoms with Crippen LogP contribution in [0.25, 0.3) is 11.3 Å². The van der Waals surface area contributed by atoms with E-state index in [9.17, 15) is 14.7 Å². The Morgan fingerprint density at radius 1 is 1.43 bits per heavy atom. The molecule has 120 valence electrons. The van der Waals surface area contributed by atoms with Crippen molar-refractivity contribution in [1.82, 2.24) is 4.57 Å². The summed E-state index contributed by atoms with van der Waals surface area (Å²) in [6.07, 6.45) is 3.02. The number of nitrogens with zero attached hydrogens (tertiary/aromatic N) is 1. The molecule has 0 aliphatic carbocycles. The molecule has 0 atom stereocenters. The van der Waals surface area contributed by atoms with E-state index >= 15 is 0 Å². The van der Waals surface area contributed by atoms with E-state index in [-0.39, 0.29) is 23.5 Å². The molecule has 0 spiro atoms. The summed E-state index contributed by atoms with van der Waals surface area (Å²) in [5.41, 5.74) is 2.85. The zero-order valence-corrected chi connectivity index (χ0v) is 13.0. The van der Waals surface area contributed by atoms with Gasteiger partial charge in [0.15, 0.2) is 17.8 Å². The van der Waals surface area contributed by atoms with Gasteiger partial charge in [-0.15, -0.1) is 0 Å². The van der Waals surface area contributed by atoms with Crippen LogP contribution >= 0.6 is 0 Å². The van der Waals surface area contributed by atoms with Crippen LogP contribution in [0.4, 0.5) is 0 Å². The summed E-state index contributed by atoms with van der Waals surface area (Å²) in [7, 11) is 1.49. The Balaban J connectivity index is 2.20. The number of carbonyl (C=O) groups excluding carboxylic acids is 2. The number of carbonyl (C=O) groups is 2. The molecule has 2 heterocycles. The first kappa shape index (κ1) is 15.1. The average molecular weight is 315 g/mol. The Morgan fingerprint density at radius 3 is 2.87 bits per heavy atom. The minimum absolute atomic E-state index is 0.00423. The van der Waals surface area contributed by atoms with Gasteiger partial charge in [-0.1, -0.05) is 0 Å². The van der Waals surface area contributed by atoms with Crippen molar-refractivity contribution < 1.29 is 24.2 Å². The highest BCUT2D eigenvalue weighted by Gasteiger charge is 2.27. The van der Waals surface area contributed by atoms with Crippen LogP contribution in [-0.2, 0) is 17.7 Å². The lowest BCUT2D eigenvalue weighted by Crippen LogP contribution is -2.10. The fourth-order valence-electron chi connectivity index (χ4n) is 2.98. The lowest BCUT2D eigenvalue weighted by atomic mass is 9.95. The van der Waals surface area contributed by atoms with E-state index in [1.54, 1.807) is 25.3 Å². The first-order valence-electron chi connectivity index (χ1n) is 7.36. The third kappa shape index (κ3) is 2.36. The van der Waals surface area contributed by atoms with Crippen molar-refractivity contribution in [3.63, 3.8) is 0 Å². The number of aromatic hydroxyl groups is 1. The molecule has 23 heavy (non-hydrogen) atoms. The Kier molecular flexibility index (Phi) is 3.82. The van der Waals surface area contributed by atoms with Gasteiger partial charge in [-0.25, -0.2) is 4.79 Å². The Morgan fingerprint density at radius 2 is 2.22 bits per heavy atom. The van der Waals surface area contributed by atoms with Crippen molar-refractivity contribution in [2.45, 2.75) is 19.9 Å². The van der Waals surface area contributed by atoms with Crippen LogP contribution in [0.2, 0.25) is 0 Å². The molecule has 0 amide bonds. The summed E-state index contributed by atoms with van der Waals surface area (Å²) >= 11 is 0. The monoisotopic (exact) mass is 315 g/mol. The van der Waals surface area contributed by atoms with Gasteiger partial charge < -0.3 is 19.1 Å². The molecule has 0 fully saturated rings. The number of phenolic OH excluding ortho intramolecular Hbond substituents is 1. The SMILES string of the molecule is CCOC(=O)c1cn2c(c1C=O)-c1cc(O)c(OC)cc1CC2. The molecule has 0 saturated carbocycles. The van der Waals surface area contributed by atoms with Crippen LogP contribution in [0.3, 0.4) is 0 Å². The summed E-state index contributed by atoms with van der Waals surface area (Å²) in [5.74, 6) is -0.131. The summed E-state index contributed by atoms with van der Waals surface area (Å²) in [6, 6.07) is 3.33. The number of phenols is 1. The molecular formula is C17H17NO5. The molecule has 0 bridgehead atoms. The quantitative estimate of drug-likeness (QED) is 0.692. The number of benzene rings is 1. The molecule has 1 aromatic carbocycles. The van der Waals surface area contributed by atoms with E-state index < -0.39 is 5.97 Å². The molecular weight excluding hydrogens is 298 g/mol. The highest BCUT2D eigenvalue weighted by atomic mass is 16.5. The largest absolute Gasteiger partial charge is 0.504 e. The second-order valence-electron chi connectivity index (χ2n) is 5.27. The highest BCUT2D eigenvalue weighted by Crippen LogP contribution is 2.40. The number of esters is 1. The van der Waals surface area contributed by atoms with Crippen molar-refractivity contribution in [2.24, 2.45) is 0 Å². The van der Waals surface area contributed by atoms with E-state index in [1.807, 2.05) is 4.57 Å². The van der Waals surface area contributed by atoms with Crippen LogP contribution < -0.4 is 4.74 Å². The first-order valence-corrected chi connectivity index (χ1v) is 7.36. The molecule has 1 aromatic heterocycles. The van der Waals surface area contributed by atoms with Crippen LogP contribution in [-0.4, -0.2) is 35.6 Å². The second-order valence-corrected chi connectivity index (χ2v) is 5.27. The molecule has 1 aliphatic rings. The van der Waals surface area contributed by atoms with Crippen molar-refractivity contribution in [1.29, 1.82) is 0 Å². The van der Waals surface area contributed by atoms with Crippen molar-refractivity contribution in [3.8, 4) is 22.8 Å². The van der Waals surface area contributed by atoms with Gasteiger partial charge >= 0.3 is 5.97 Å². The summed E-state index contributed by atoms with van der Waals surface area (Å²) in [6.45, 7) is 2.59. The van der Waals surface area contributed by atoms with Gasteiger partial charge in [0, 0.05) is 18.3 Å². The lowest BCUT2D eigenvalue weighted by molar-refractivity contribution is 0.0524. The number of methoxy groups -OCH3 is 1. The standard InChI is InChI=1S/C17H17NO5/c1-3-23-17(21)12-8-18-5-4-10-6-15(22-2)14(20)7-11(10)16(18)13(12)9-19/h6-9,20H,3-5H2,1-2H3. The first-order chi connectivity index (χ1) is 11.1. The molecule has 0 radical (unpaired) electrons. The van der Waals surface area contributed by atoms with Gasteiger partial charge in [0.25, 0.3) is 0 Å². The number of ether oxygens (including phenoxy) is 2. The summed E-state index contributed by atoms with van der Waals surface area (Å²) in [5, 5.41) is 10.0. The summed E-state index contributed by atoms with van der Waals surface area (Å²) in [4.78, 5) is 23.6. The minimum atomic E-state index is -0.518. The Bertz CT molecular complexity index is 791. The predicted molar refractivity (Wildman–Crippen MR) is 83.1 cm³/mol. The molecule has 1 aliphatic heterocycles. The summed E-state index contributed by atoms with van der Waals surface area (Å²) < 4.78 is 12.0. The molecule has 6 nitrogen and oxygen atoms in total. The molecule has 1 N–H and O–H groups in total. The number of hydrogen-bond donors (Lipinski definition) is 1. The Labute approximate surface area is 133 Å². The minimum Gasteiger partial charge on any atom is -0.504 e. The zero-order valence-electron chi connectivity index (χ0n) is 13.0. The molecule has 0 unspecified atom stereocenters. The fraction of sp³-hybridized carbons (Fsp3) is 0.294. The van der Waals surface area contributed by atoms with E-state index in [0.717, 1.165) is 11.1 Å². The third-order valence-corrected chi connectivity index (χ3v) is 4.01. The normalized spacial score (nSPS) is 12.3. The third-order valence-electron chi connectivity index (χ3n) is 4.01. The number of aromatic nitrogens is 1. The van der Waals surface area contributed by atoms with Crippen LogP contribution in [0.1, 0.15) is 33.2 Å². The number of rotatable bonds is 4. The van der Waals surface area contributed by atoms with Crippen molar-refractivity contribution in [2.75, 3.05) is 13.7 Å². The van der Waals surface area contributed by atoms with E-state index in [4.69, 9.17) is 9.47 Å². The van der Waals surface area contributed by atoms with Crippen LogP contribution in [0.15, 0.2) is 18.3 Å². The van der Waals surface area contributed by atoms with Gasteiger partial charge in [-0.3, -0.25) is 4.79 Å². The second kappa shape index (κ2) is 5.79. The molecule has 0 saturated heterocycles. The van der Waals surface area contributed by atoms with E-state index in [0.29, 0.717) is 30.7 Å². The van der Waals surface area contributed by atoms with Crippen LogP contribution in [0, 0.1) is 0 Å². The van der Waals surface area contributed by atoms with Crippen molar-refractivity contribution >= 4 is 12.3 Å². The maximum atomic E-state index is 12.1. The number of aryl methyl sites for hydroxylation is 2. The smallest absolute Gasteiger partial charge is 0.340 e. The zero-order chi connectivity index (χ0) is 16.6. The molecule has 2 aromatic rings. The fourth-order valence-corrected chi connectivity index (χ4v) is 2.98. The van der Waals surface area contributed by atoms with Gasteiger partial charge in [0.1, 0.15) is 0 Å². The van der Waals surface area contributed by atoms with Gasteiger partial charge in [-0.2, -0.15) is 0 Å². The van der Waals surface area contributed by atoms with Gasteiger partial charge in [-0.05, 0) is 31.0 Å². The van der Waals surface area contributed by atoms with E-state index in [2.05, 4.69) is 0 Å². The molecule has 3 rings (SSSR count). The van der Waals surface area contributed by atoms with E-state index in [1.165, 1.54) is 7.11 Å².